The SMILES string of the molecule is CCC(C)N(CC)c1ccc(C=O)s1. The van der Waals surface area contributed by atoms with Crippen molar-refractivity contribution < 1.29 is 4.79 Å². The van der Waals surface area contributed by atoms with E-state index in [4.69, 9.17) is 0 Å². The zero-order valence-electron chi connectivity index (χ0n) is 8.99. The highest BCUT2D eigenvalue weighted by atomic mass is 32.1. The highest BCUT2D eigenvalue weighted by Gasteiger charge is 2.12. The third kappa shape index (κ3) is 2.35. The fraction of sp³-hybridized carbons (Fsp3) is 0.545. The first-order valence-electron chi connectivity index (χ1n) is 5.04. The zero-order valence-corrected chi connectivity index (χ0v) is 9.80. The van der Waals surface area contributed by atoms with Crippen molar-refractivity contribution in [3.63, 3.8) is 0 Å². The van der Waals surface area contributed by atoms with Gasteiger partial charge < -0.3 is 4.90 Å². The van der Waals surface area contributed by atoms with Crippen LogP contribution in [0.5, 0.6) is 0 Å². The first-order chi connectivity index (χ1) is 6.72. The van der Waals surface area contributed by atoms with Crippen molar-refractivity contribution in [3.8, 4) is 0 Å². The van der Waals surface area contributed by atoms with Crippen molar-refractivity contribution in [3.05, 3.63) is 17.0 Å². The van der Waals surface area contributed by atoms with Crippen LogP contribution in [0.15, 0.2) is 12.1 Å². The minimum absolute atomic E-state index is 0.540. The summed E-state index contributed by atoms with van der Waals surface area (Å²) < 4.78 is 0. The minimum Gasteiger partial charge on any atom is -0.361 e. The van der Waals surface area contributed by atoms with Crippen LogP contribution in [0.2, 0.25) is 0 Å². The van der Waals surface area contributed by atoms with Crippen LogP contribution in [0.4, 0.5) is 5.00 Å². The van der Waals surface area contributed by atoms with E-state index in [1.54, 1.807) is 11.3 Å². The van der Waals surface area contributed by atoms with Crippen molar-refractivity contribution in [1.29, 1.82) is 0 Å². The molecule has 1 heterocycles. The maximum atomic E-state index is 10.6. The number of carbonyl (C=O) groups is 1. The molecule has 0 aliphatic rings. The van der Waals surface area contributed by atoms with Crippen molar-refractivity contribution in [2.75, 3.05) is 11.4 Å². The van der Waals surface area contributed by atoms with Crippen LogP contribution in [0.3, 0.4) is 0 Å². The summed E-state index contributed by atoms with van der Waals surface area (Å²) in [4.78, 5) is 13.7. The van der Waals surface area contributed by atoms with E-state index < -0.39 is 0 Å². The van der Waals surface area contributed by atoms with Gasteiger partial charge in [-0.15, -0.1) is 11.3 Å². The lowest BCUT2D eigenvalue weighted by molar-refractivity contribution is 0.112. The van der Waals surface area contributed by atoms with E-state index >= 15 is 0 Å². The molecule has 1 aromatic heterocycles. The van der Waals surface area contributed by atoms with Gasteiger partial charge in [0.2, 0.25) is 0 Å². The molecule has 3 heteroatoms. The van der Waals surface area contributed by atoms with Gasteiger partial charge in [-0.05, 0) is 32.4 Å². The number of rotatable bonds is 5. The Labute approximate surface area is 89.5 Å². The highest BCUT2D eigenvalue weighted by Crippen LogP contribution is 2.27. The van der Waals surface area contributed by atoms with E-state index in [9.17, 15) is 4.79 Å². The van der Waals surface area contributed by atoms with Gasteiger partial charge in [-0.2, -0.15) is 0 Å². The lowest BCUT2D eigenvalue weighted by atomic mass is 10.2. The summed E-state index contributed by atoms with van der Waals surface area (Å²) in [5, 5.41) is 1.20. The lowest BCUT2D eigenvalue weighted by Gasteiger charge is -2.27. The molecule has 0 aliphatic carbocycles. The van der Waals surface area contributed by atoms with Crippen LogP contribution in [-0.2, 0) is 0 Å². The van der Waals surface area contributed by atoms with Crippen molar-refractivity contribution in [2.24, 2.45) is 0 Å². The van der Waals surface area contributed by atoms with Crippen molar-refractivity contribution in [2.45, 2.75) is 33.2 Å². The van der Waals surface area contributed by atoms with E-state index in [2.05, 4.69) is 25.7 Å². The molecular weight excluding hydrogens is 194 g/mol. The average Bonchev–Trinajstić information content (AvgIpc) is 2.67. The van der Waals surface area contributed by atoms with E-state index in [1.807, 2.05) is 12.1 Å². The second kappa shape index (κ2) is 5.15. The molecule has 0 amide bonds. The fourth-order valence-corrected chi connectivity index (χ4v) is 2.45. The first kappa shape index (κ1) is 11.2. The van der Waals surface area contributed by atoms with E-state index in [-0.39, 0.29) is 0 Å². The van der Waals surface area contributed by atoms with E-state index in [1.165, 1.54) is 5.00 Å². The van der Waals surface area contributed by atoms with Gasteiger partial charge in [-0.1, -0.05) is 6.92 Å². The van der Waals surface area contributed by atoms with Crippen LogP contribution in [0.25, 0.3) is 0 Å². The predicted molar refractivity (Wildman–Crippen MR) is 62.5 cm³/mol. The summed E-state index contributed by atoms with van der Waals surface area (Å²) in [5.74, 6) is 0. The fourth-order valence-electron chi connectivity index (χ4n) is 1.47. The maximum absolute atomic E-state index is 10.6. The molecular formula is C11H17NOS. The van der Waals surface area contributed by atoms with Gasteiger partial charge in [0.05, 0.1) is 9.88 Å². The average molecular weight is 211 g/mol. The van der Waals surface area contributed by atoms with Gasteiger partial charge >= 0.3 is 0 Å². The number of hydrogen-bond donors (Lipinski definition) is 0. The molecule has 78 valence electrons. The summed E-state index contributed by atoms with van der Waals surface area (Å²) in [6.45, 7) is 7.53. The van der Waals surface area contributed by atoms with Gasteiger partial charge in [0, 0.05) is 12.6 Å². The Hall–Kier alpha value is -0.830. The Balaban J connectivity index is 2.83. The topological polar surface area (TPSA) is 20.3 Å². The first-order valence-corrected chi connectivity index (χ1v) is 5.86. The third-order valence-corrected chi connectivity index (χ3v) is 3.52. The van der Waals surface area contributed by atoms with Crippen LogP contribution < -0.4 is 4.90 Å². The summed E-state index contributed by atoms with van der Waals surface area (Å²) in [5.41, 5.74) is 0. The summed E-state index contributed by atoms with van der Waals surface area (Å²) >= 11 is 1.57. The summed E-state index contributed by atoms with van der Waals surface area (Å²) in [6.07, 6.45) is 2.04. The Morgan fingerprint density at radius 3 is 2.64 bits per heavy atom. The maximum Gasteiger partial charge on any atom is 0.160 e. The second-order valence-corrected chi connectivity index (χ2v) is 4.43. The molecule has 0 saturated carbocycles. The van der Waals surface area contributed by atoms with E-state index in [0.717, 1.165) is 24.1 Å². The van der Waals surface area contributed by atoms with Gasteiger partial charge in [0.25, 0.3) is 0 Å². The number of aldehydes is 1. The highest BCUT2D eigenvalue weighted by molar-refractivity contribution is 7.17. The molecule has 14 heavy (non-hydrogen) atoms. The van der Waals surface area contributed by atoms with Gasteiger partial charge in [0.1, 0.15) is 0 Å². The van der Waals surface area contributed by atoms with Crippen LogP contribution in [0.1, 0.15) is 36.9 Å². The monoisotopic (exact) mass is 211 g/mol. The molecule has 1 atom stereocenters. The molecule has 2 nitrogen and oxygen atoms in total. The zero-order chi connectivity index (χ0) is 10.6. The number of anilines is 1. The Bertz CT molecular complexity index is 295. The smallest absolute Gasteiger partial charge is 0.160 e. The van der Waals surface area contributed by atoms with Gasteiger partial charge in [0.15, 0.2) is 6.29 Å². The molecule has 1 rings (SSSR count). The largest absolute Gasteiger partial charge is 0.361 e. The number of thiophene rings is 1. The molecule has 0 aliphatic heterocycles. The molecule has 0 radical (unpaired) electrons. The van der Waals surface area contributed by atoms with E-state index in [0.29, 0.717) is 6.04 Å². The van der Waals surface area contributed by atoms with Crippen LogP contribution >= 0.6 is 11.3 Å². The van der Waals surface area contributed by atoms with Crippen molar-refractivity contribution >= 4 is 22.6 Å². The quantitative estimate of drug-likeness (QED) is 0.697. The molecule has 0 bridgehead atoms. The van der Waals surface area contributed by atoms with Crippen LogP contribution in [-0.4, -0.2) is 18.9 Å². The lowest BCUT2D eigenvalue weighted by Crippen LogP contribution is -2.31. The number of carbonyl (C=O) groups excluding carboxylic acids is 1. The molecule has 0 saturated heterocycles. The molecule has 0 fully saturated rings. The van der Waals surface area contributed by atoms with Crippen molar-refractivity contribution in [1.82, 2.24) is 0 Å². The third-order valence-electron chi connectivity index (χ3n) is 2.48. The normalized spacial score (nSPS) is 12.5. The summed E-state index contributed by atoms with van der Waals surface area (Å²) in [7, 11) is 0. The Morgan fingerprint density at radius 2 is 2.21 bits per heavy atom. The molecule has 0 aromatic carbocycles. The number of nitrogens with zero attached hydrogens (tertiary/aromatic N) is 1. The Kier molecular flexibility index (Phi) is 4.14. The summed E-state index contributed by atoms with van der Waals surface area (Å²) in [6, 6.07) is 4.46. The molecule has 1 aromatic rings. The van der Waals surface area contributed by atoms with Gasteiger partial charge in [-0.25, -0.2) is 0 Å². The molecule has 0 spiro atoms. The Morgan fingerprint density at radius 1 is 1.50 bits per heavy atom. The molecule has 0 N–H and O–H groups in total. The second-order valence-electron chi connectivity index (χ2n) is 3.34. The predicted octanol–water partition coefficient (Wildman–Crippen LogP) is 3.19. The molecule has 1 unspecified atom stereocenters. The minimum atomic E-state index is 0.540. The van der Waals surface area contributed by atoms with Crippen LogP contribution in [0, 0.1) is 0 Å². The number of hydrogen-bond acceptors (Lipinski definition) is 3. The standard InChI is InChI=1S/C11H17NOS/c1-4-9(3)12(5-2)11-7-6-10(8-13)14-11/h6-9H,4-5H2,1-3H3. The van der Waals surface area contributed by atoms with Gasteiger partial charge in [-0.3, -0.25) is 4.79 Å².